The van der Waals surface area contributed by atoms with E-state index >= 15 is 0 Å². The molecule has 1 aromatic heterocycles. The molecule has 4 aliphatic rings. The third kappa shape index (κ3) is 3.36. The van der Waals surface area contributed by atoms with Gasteiger partial charge in [0.25, 0.3) is 0 Å². The molecule has 4 saturated carbocycles. The molecule has 1 amide bonds. The number of amides is 1. The van der Waals surface area contributed by atoms with Gasteiger partial charge in [-0.2, -0.15) is 0 Å². The molecular formula is C24H29NO2S. The molecule has 0 aliphatic heterocycles. The monoisotopic (exact) mass is 395 g/mol. The van der Waals surface area contributed by atoms with E-state index in [0.29, 0.717) is 6.42 Å². The number of ether oxygens (including phenoxy) is 1. The standard InChI is InChI=1S/C24H29NO2S/c1-27-21-5-2-4-17(11-21)12-23(26)25(16-22-6-3-7-28-22)24-13-18-8-19(14-24)10-20(9-18)15-24/h2-7,11,18-20H,8-10,12-16H2,1H3. The van der Waals surface area contributed by atoms with E-state index in [1.165, 1.54) is 43.4 Å². The SMILES string of the molecule is COc1cccc(CC(=O)N(Cc2cccs2)C23CC4CC(CC(C4)C2)C3)c1. The van der Waals surface area contributed by atoms with Crippen LogP contribution in [0.3, 0.4) is 0 Å². The minimum atomic E-state index is 0.0920. The highest BCUT2D eigenvalue weighted by Crippen LogP contribution is 2.58. The van der Waals surface area contributed by atoms with E-state index < -0.39 is 0 Å². The lowest BCUT2D eigenvalue weighted by Crippen LogP contribution is -2.61. The maximum Gasteiger partial charge on any atom is 0.227 e. The van der Waals surface area contributed by atoms with Crippen LogP contribution < -0.4 is 4.74 Å². The van der Waals surface area contributed by atoms with Gasteiger partial charge in [0.2, 0.25) is 5.91 Å². The summed E-state index contributed by atoms with van der Waals surface area (Å²) in [7, 11) is 1.68. The summed E-state index contributed by atoms with van der Waals surface area (Å²) in [5, 5.41) is 2.12. The number of carbonyl (C=O) groups is 1. The maximum atomic E-state index is 13.6. The second kappa shape index (κ2) is 7.22. The third-order valence-corrected chi connectivity index (χ3v) is 8.12. The van der Waals surface area contributed by atoms with E-state index in [-0.39, 0.29) is 11.4 Å². The Labute approximate surface area is 171 Å². The fourth-order valence-electron chi connectivity index (χ4n) is 6.53. The average Bonchev–Trinajstić information content (AvgIpc) is 3.18. The molecule has 148 valence electrons. The molecule has 0 spiro atoms. The van der Waals surface area contributed by atoms with Crippen LogP contribution in [0.25, 0.3) is 0 Å². The second-order valence-electron chi connectivity index (χ2n) is 9.23. The van der Waals surface area contributed by atoms with Crippen molar-refractivity contribution in [2.45, 2.75) is 57.0 Å². The summed E-state index contributed by atoms with van der Waals surface area (Å²) < 4.78 is 5.36. The molecule has 4 heteroatoms. The van der Waals surface area contributed by atoms with Gasteiger partial charge in [0.05, 0.1) is 20.1 Å². The number of nitrogens with zero attached hydrogens (tertiary/aromatic N) is 1. The van der Waals surface area contributed by atoms with Crippen molar-refractivity contribution in [1.29, 1.82) is 0 Å². The minimum absolute atomic E-state index is 0.0920. The maximum absolute atomic E-state index is 13.6. The Kier molecular flexibility index (Phi) is 4.70. The van der Waals surface area contributed by atoms with Gasteiger partial charge < -0.3 is 9.64 Å². The van der Waals surface area contributed by atoms with Gasteiger partial charge in [0.15, 0.2) is 0 Å². The van der Waals surface area contributed by atoms with Crippen LogP contribution in [0.5, 0.6) is 5.75 Å². The van der Waals surface area contributed by atoms with Gasteiger partial charge in [-0.1, -0.05) is 18.2 Å². The normalized spacial score (nSPS) is 30.4. The van der Waals surface area contributed by atoms with Gasteiger partial charge in [-0.05, 0) is 85.4 Å². The first-order chi connectivity index (χ1) is 13.6. The van der Waals surface area contributed by atoms with Crippen LogP contribution in [0.1, 0.15) is 49.0 Å². The first-order valence-corrected chi connectivity index (χ1v) is 11.5. The Morgan fingerprint density at radius 3 is 2.43 bits per heavy atom. The molecule has 1 aromatic carbocycles. The molecule has 2 aromatic rings. The van der Waals surface area contributed by atoms with Crippen molar-refractivity contribution in [2.75, 3.05) is 7.11 Å². The van der Waals surface area contributed by atoms with Crippen LogP contribution in [0.2, 0.25) is 0 Å². The highest BCUT2D eigenvalue weighted by molar-refractivity contribution is 7.09. The predicted octanol–water partition coefficient (Wildman–Crippen LogP) is 5.30. The van der Waals surface area contributed by atoms with Crippen molar-refractivity contribution in [3.63, 3.8) is 0 Å². The van der Waals surface area contributed by atoms with Crippen molar-refractivity contribution in [3.05, 3.63) is 52.2 Å². The van der Waals surface area contributed by atoms with E-state index in [1.54, 1.807) is 18.4 Å². The highest BCUT2D eigenvalue weighted by atomic mass is 32.1. The van der Waals surface area contributed by atoms with Gasteiger partial charge in [0, 0.05) is 10.4 Å². The minimum Gasteiger partial charge on any atom is -0.497 e. The number of hydrogen-bond acceptors (Lipinski definition) is 3. The summed E-state index contributed by atoms with van der Waals surface area (Å²) >= 11 is 1.77. The Bertz CT molecular complexity index is 809. The molecule has 4 aliphatic carbocycles. The molecule has 0 radical (unpaired) electrons. The molecular weight excluding hydrogens is 366 g/mol. The molecule has 28 heavy (non-hydrogen) atoms. The number of benzene rings is 1. The van der Waals surface area contributed by atoms with E-state index in [9.17, 15) is 4.79 Å². The Balaban J connectivity index is 1.43. The first kappa shape index (κ1) is 18.2. The Morgan fingerprint density at radius 2 is 1.82 bits per heavy atom. The Morgan fingerprint density at radius 1 is 1.11 bits per heavy atom. The summed E-state index contributed by atoms with van der Waals surface area (Å²) in [4.78, 5) is 17.2. The van der Waals surface area contributed by atoms with E-state index in [2.05, 4.69) is 22.4 Å². The van der Waals surface area contributed by atoms with Crippen LogP contribution in [-0.2, 0) is 17.8 Å². The molecule has 0 unspecified atom stereocenters. The van der Waals surface area contributed by atoms with Crippen molar-refractivity contribution >= 4 is 17.2 Å². The fraction of sp³-hybridized carbons (Fsp3) is 0.542. The summed E-state index contributed by atoms with van der Waals surface area (Å²) in [5.74, 6) is 3.61. The summed E-state index contributed by atoms with van der Waals surface area (Å²) in [6.45, 7) is 0.770. The first-order valence-electron chi connectivity index (χ1n) is 10.6. The van der Waals surface area contributed by atoms with Gasteiger partial charge in [-0.3, -0.25) is 4.79 Å². The van der Waals surface area contributed by atoms with E-state index in [4.69, 9.17) is 4.74 Å². The number of carbonyl (C=O) groups excluding carboxylic acids is 1. The topological polar surface area (TPSA) is 29.5 Å². The van der Waals surface area contributed by atoms with Gasteiger partial charge in [-0.25, -0.2) is 0 Å². The highest BCUT2D eigenvalue weighted by Gasteiger charge is 2.54. The van der Waals surface area contributed by atoms with Crippen LogP contribution in [-0.4, -0.2) is 23.5 Å². The Hall–Kier alpha value is -1.81. The number of hydrogen-bond donors (Lipinski definition) is 0. The summed E-state index contributed by atoms with van der Waals surface area (Å²) in [6, 6.07) is 12.2. The molecule has 4 fully saturated rings. The molecule has 3 nitrogen and oxygen atoms in total. The lowest BCUT2D eigenvalue weighted by atomic mass is 9.52. The molecule has 0 saturated heterocycles. The zero-order chi connectivity index (χ0) is 19.1. The van der Waals surface area contributed by atoms with Crippen LogP contribution >= 0.6 is 11.3 Å². The van der Waals surface area contributed by atoms with E-state index in [1.807, 2.05) is 24.3 Å². The van der Waals surface area contributed by atoms with Crippen LogP contribution in [0.15, 0.2) is 41.8 Å². The summed E-state index contributed by atoms with van der Waals surface area (Å²) in [6.07, 6.45) is 8.31. The van der Waals surface area contributed by atoms with Crippen LogP contribution in [0, 0.1) is 17.8 Å². The van der Waals surface area contributed by atoms with Crippen molar-refractivity contribution in [3.8, 4) is 5.75 Å². The average molecular weight is 396 g/mol. The quantitative estimate of drug-likeness (QED) is 0.664. The van der Waals surface area contributed by atoms with E-state index in [0.717, 1.165) is 35.6 Å². The lowest BCUT2D eigenvalue weighted by Gasteiger charge is -2.60. The zero-order valence-electron chi connectivity index (χ0n) is 16.6. The molecule has 0 atom stereocenters. The molecule has 0 N–H and O–H groups in total. The van der Waals surface area contributed by atoms with Crippen molar-refractivity contribution in [2.24, 2.45) is 17.8 Å². The number of methoxy groups -OCH3 is 1. The zero-order valence-corrected chi connectivity index (χ0v) is 17.4. The third-order valence-electron chi connectivity index (χ3n) is 7.26. The second-order valence-corrected chi connectivity index (χ2v) is 10.3. The molecule has 4 bridgehead atoms. The number of rotatable bonds is 6. The van der Waals surface area contributed by atoms with Gasteiger partial charge in [-0.15, -0.1) is 11.3 Å². The van der Waals surface area contributed by atoms with Gasteiger partial charge in [0.1, 0.15) is 5.75 Å². The largest absolute Gasteiger partial charge is 0.497 e. The van der Waals surface area contributed by atoms with Crippen LogP contribution in [0.4, 0.5) is 0 Å². The molecule has 1 heterocycles. The van der Waals surface area contributed by atoms with Gasteiger partial charge >= 0.3 is 0 Å². The summed E-state index contributed by atoms with van der Waals surface area (Å²) in [5.41, 5.74) is 1.14. The van der Waals surface area contributed by atoms with Crippen molar-refractivity contribution in [1.82, 2.24) is 4.90 Å². The fourth-order valence-corrected chi connectivity index (χ4v) is 7.22. The predicted molar refractivity (Wildman–Crippen MR) is 112 cm³/mol. The number of thiophene rings is 1. The smallest absolute Gasteiger partial charge is 0.227 e. The molecule has 6 rings (SSSR count). The van der Waals surface area contributed by atoms with Crippen molar-refractivity contribution < 1.29 is 9.53 Å². The lowest BCUT2D eigenvalue weighted by molar-refractivity contribution is -0.151.